The zero-order valence-electron chi connectivity index (χ0n) is 12.8. The Bertz CT molecular complexity index is 350. The standard InChI is InChI=1S/C16H28N2O/c1-12(2)18-16(19)15(17-4)11-13(3)10-14-8-6-5-7-9-14/h11-12,14H,5-10H2,1-4H3,(H,18,19). The predicted octanol–water partition coefficient (Wildman–Crippen LogP) is 3.50. The van der Waals surface area contributed by atoms with E-state index in [4.69, 9.17) is 0 Å². The van der Waals surface area contributed by atoms with Gasteiger partial charge in [0.2, 0.25) is 0 Å². The zero-order chi connectivity index (χ0) is 14.3. The lowest BCUT2D eigenvalue weighted by molar-refractivity contribution is -0.115. The van der Waals surface area contributed by atoms with Gasteiger partial charge in [-0.2, -0.15) is 0 Å². The number of nitrogens with zero attached hydrogens (tertiary/aromatic N) is 1. The van der Waals surface area contributed by atoms with Crippen LogP contribution in [0.15, 0.2) is 16.6 Å². The van der Waals surface area contributed by atoms with Crippen molar-refractivity contribution < 1.29 is 4.79 Å². The van der Waals surface area contributed by atoms with Crippen molar-refractivity contribution in [2.45, 2.75) is 65.3 Å². The van der Waals surface area contributed by atoms with Gasteiger partial charge in [0.15, 0.2) is 0 Å². The molecule has 0 aliphatic heterocycles. The van der Waals surface area contributed by atoms with Gasteiger partial charge in [0.1, 0.15) is 5.71 Å². The average Bonchev–Trinajstić information content (AvgIpc) is 2.36. The number of hydrogen-bond donors (Lipinski definition) is 1. The lowest BCUT2D eigenvalue weighted by Crippen LogP contribution is -2.35. The molecule has 0 aromatic heterocycles. The third-order valence-corrected chi connectivity index (χ3v) is 3.61. The summed E-state index contributed by atoms with van der Waals surface area (Å²) < 4.78 is 0. The maximum Gasteiger partial charge on any atom is 0.269 e. The third kappa shape index (κ3) is 6.04. The second kappa shape index (κ2) is 8.13. The molecule has 19 heavy (non-hydrogen) atoms. The van der Waals surface area contributed by atoms with Crippen molar-refractivity contribution in [2.24, 2.45) is 10.9 Å². The van der Waals surface area contributed by atoms with Crippen LogP contribution in [0.4, 0.5) is 0 Å². The highest BCUT2D eigenvalue weighted by atomic mass is 16.1. The van der Waals surface area contributed by atoms with Crippen molar-refractivity contribution in [2.75, 3.05) is 7.05 Å². The average molecular weight is 264 g/mol. The number of nitrogens with one attached hydrogen (secondary N) is 1. The van der Waals surface area contributed by atoms with Crippen LogP contribution in [0.2, 0.25) is 0 Å². The summed E-state index contributed by atoms with van der Waals surface area (Å²) in [5, 5.41) is 2.89. The van der Waals surface area contributed by atoms with E-state index < -0.39 is 0 Å². The quantitative estimate of drug-likeness (QED) is 0.759. The van der Waals surface area contributed by atoms with Crippen LogP contribution < -0.4 is 5.32 Å². The van der Waals surface area contributed by atoms with Crippen molar-refractivity contribution in [3.8, 4) is 0 Å². The highest BCUT2D eigenvalue weighted by Gasteiger charge is 2.15. The van der Waals surface area contributed by atoms with Gasteiger partial charge in [-0.05, 0) is 39.2 Å². The molecule has 0 radical (unpaired) electrons. The van der Waals surface area contributed by atoms with E-state index >= 15 is 0 Å². The summed E-state index contributed by atoms with van der Waals surface area (Å²) >= 11 is 0. The van der Waals surface area contributed by atoms with Gasteiger partial charge < -0.3 is 5.32 Å². The lowest BCUT2D eigenvalue weighted by atomic mass is 9.85. The highest BCUT2D eigenvalue weighted by molar-refractivity contribution is 6.43. The van der Waals surface area contributed by atoms with Crippen LogP contribution in [0.1, 0.15) is 59.3 Å². The molecule has 1 aliphatic carbocycles. The summed E-state index contributed by atoms with van der Waals surface area (Å²) in [6.07, 6.45) is 9.84. The molecule has 0 heterocycles. The first kappa shape index (κ1) is 15.9. The van der Waals surface area contributed by atoms with Crippen LogP contribution in [0.25, 0.3) is 0 Å². The Labute approximate surface area is 117 Å². The molecular formula is C16H28N2O. The monoisotopic (exact) mass is 264 g/mol. The number of allylic oxidation sites excluding steroid dienone is 1. The van der Waals surface area contributed by atoms with Gasteiger partial charge >= 0.3 is 0 Å². The molecule has 1 saturated carbocycles. The molecule has 1 N–H and O–H groups in total. The van der Waals surface area contributed by atoms with E-state index in [2.05, 4.69) is 17.2 Å². The number of carbonyl (C=O) groups excluding carboxylic acids is 1. The molecule has 108 valence electrons. The molecular weight excluding hydrogens is 236 g/mol. The predicted molar refractivity (Wildman–Crippen MR) is 81.6 cm³/mol. The highest BCUT2D eigenvalue weighted by Crippen LogP contribution is 2.28. The Hall–Kier alpha value is -1.12. The van der Waals surface area contributed by atoms with E-state index in [0.29, 0.717) is 5.71 Å². The second-order valence-electron chi connectivity index (χ2n) is 5.94. The molecule has 0 saturated heterocycles. The van der Waals surface area contributed by atoms with Crippen molar-refractivity contribution in [1.29, 1.82) is 0 Å². The fourth-order valence-corrected chi connectivity index (χ4v) is 2.71. The van der Waals surface area contributed by atoms with E-state index in [-0.39, 0.29) is 11.9 Å². The molecule has 0 atom stereocenters. The Morgan fingerprint density at radius 1 is 1.32 bits per heavy atom. The SMILES string of the molecule is CN=C(C=C(C)CC1CCCCC1)C(=O)NC(C)C. The van der Waals surface area contributed by atoms with E-state index in [1.807, 2.05) is 19.9 Å². The van der Waals surface area contributed by atoms with Crippen LogP contribution in [-0.2, 0) is 4.79 Å². The number of amides is 1. The summed E-state index contributed by atoms with van der Waals surface area (Å²) in [5.74, 6) is 0.733. The molecule has 0 aromatic carbocycles. The first-order chi connectivity index (χ1) is 9.02. The molecule has 1 aliphatic rings. The smallest absolute Gasteiger partial charge is 0.269 e. The molecule has 0 spiro atoms. The molecule has 0 bridgehead atoms. The van der Waals surface area contributed by atoms with Crippen LogP contribution in [0.3, 0.4) is 0 Å². The summed E-state index contributed by atoms with van der Waals surface area (Å²) in [6, 6.07) is 0.149. The van der Waals surface area contributed by atoms with Crippen molar-refractivity contribution >= 4 is 11.6 Å². The van der Waals surface area contributed by atoms with E-state index in [1.165, 1.54) is 37.7 Å². The van der Waals surface area contributed by atoms with Gasteiger partial charge in [-0.3, -0.25) is 9.79 Å². The molecule has 1 amide bonds. The van der Waals surface area contributed by atoms with Gasteiger partial charge in [-0.15, -0.1) is 0 Å². The first-order valence-corrected chi connectivity index (χ1v) is 7.47. The minimum atomic E-state index is -0.0690. The van der Waals surface area contributed by atoms with Crippen molar-refractivity contribution in [1.82, 2.24) is 5.32 Å². The van der Waals surface area contributed by atoms with Gasteiger partial charge in [0.25, 0.3) is 5.91 Å². The first-order valence-electron chi connectivity index (χ1n) is 7.47. The summed E-state index contributed by atoms with van der Waals surface area (Å²) in [4.78, 5) is 16.0. The Morgan fingerprint density at radius 2 is 1.95 bits per heavy atom. The maximum absolute atomic E-state index is 11.9. The Morgan fingerprint density at radius 3 is 2.47 bits per heavy atom. The Balaban J connectivity index is 2.56. The normalized spacial score (nSPS) is 18.8. The van der Waals surface area contributed by atoms with Crippen LogP contribution >= 0.6 is 0 Å². The van der Waals surface area contributed by atoms with Crippen molar-refractivity contribution in [3.05, 3.63) is 11.6 Å². The number of aliphatic imine (C=N–C) groups is 1. The van der Waals surface area contributed by atoms with Crippen LogP contribution in [0, 0.1) is 5.92 Å². The number of carbonyl (C=O) groups is 1. The van der Waals surface area contributed by atoms with Gasteiger partial charge in [0, 0.05) is 13.1 Å². The fraction of sp³-hybridized carbons (Fsp3) is 0.750. The molecule has 0 unspecified atom stereocenters. The second-order valence-corrected chi connectivity index (χ2v) is 5.94. The topological polar surface area (TPSA) is 41.5 Å². The Kier molecular flexibility index (Phi) is 6.82. The third-order valence-electron chi connectivity index (χ3n) is 3.61. The van der Waals surface area contributed by atoms with Crippen LogP contribution in [0.5, 0.6) is 0 Å². The summed E-state index contributed by atoms with van der Waals surface area (Å²) in [6.45, 7) is 6.04. The number of hydrogen-bond acceptors (Lipinski definition) is 2. The molecule has 0 aromatic rings. The molecule has 3 heteroatoms. The zero-order valence-corrected chi connectivity index (χ0v) is 12.8. The van der Waals surface area contributed by atoms with Crippen molar-refractivity contribution in [3.63, 3.8) is 0 Å². The maximum atomic E-state index is 11.9. The molecule has 3 nitrogen and oxygen atoms in total. The minimum absolute atomic E-state index is 0.0690. The lowest BCUT2D eigenvalue weighted by Gasteiger charge is -2.21. The fourth-order valence-electron chi connectivity index (χ4n) is 2.71. The van der Waals surface area contributed by atoms with E-state index in [0.717, 1.165) is 12.3 Å². The van der Waals surface area contributed by atoms with E-state index in [9.17, 15) is 4.79 Å². The molecule has 1 fully saturated rings. The van der Waals surface area contributed by atoms with Gasteiger partial charge in [-0.1, -0.05) is 37.7 Å². The van der Waals surface area contributed by atoms with Gasteiger partial charge in [0.05, 0.1) is 0 Å². The van der Waals surface area contributed by atoms with Crippen LogP contribution in [-0.4, -0.2) is 24.7 Å². The van der Waals surface area contributed by atoms with E-state index in [1.54, 1.807) is 7.05 Å². The molecule has 1 rings (SSSR count). The number of rotatable bonds is 5. The van der Waals surface area contributed by atoms with Gasteiger partial charge in [-0.25, -0.2) is 0 Å². The minimum Gasteiger partial charge on any atom is -0.349 e. The summed E-state index contributed by atoms with van der Waals surface area (Å²) in [5.41, 5.74) is 1.81. The largest absolute Gasteiger partial charge is 0.349 e. The summed E-state index contributed by atoms with van der Waals surface area (Å²) in [7, 11) is 1.68.